The summed E-state index contributed by atoms with van der Waals surface area (Å²) in [5.74, 6) is 0.302. The summed E-state index contributed by atoms with van der Waals surface area (Å²) in [6.07, 6.45) is 0.553. The van der Waals surface area contributed by atoms with Gasteiger partial charge >= 0.3 is 0 Å². The van der Waals surface area contributed by atoms with Crippen molar-refractivity contribution in [1.29, 1.82) is 0 Å². The standard InChI is InChI=1S/C5H8INO3S/c6-5(8)7-4-1-2-11(9,10)3-4/h4H,1-3H2,(H,7,8). The average molecular weight is 289 g/mol. The first-order chi connectivity index (χ1) is 4.99. The summed E-state index contributed by atoms with van der Waals surface area (Å²) in [5, 5.41) is 2.57. The maximum Gasteiger partial charge on any atom is 0.280 e. The molecule has 1 aliphatic rings. The third kappa shape index (κ3) is 2.94. The fourth-order valence-electron chi connectivity index (χ4n) is 1.07. The summed E-state index contributed by atoms with van der Waals surface area (Å²) in [6, 6.07) is -0.163. The largest absolute Gasteiger partial charge is 0.344 e. The van der Waals surface area contributed by atoms with Gasteiger partial charge in [0.2, 0.25) is 0 Å². The predicted octanol–water partition coefficient (Wildman–Crippen LogP) is 0.318. The fourth-order valence-corrected chi connectivity index (χ4v) is 3.18. The number of rotatable bonds is 1. The molecule has 0 bridgehead atoms. The minimum absolute atomic E-state index is 0.0989. The highest BCUT2D eigenvalue weighted by Crippen LogP contribution is 2.11. The lowest BCUT2D eigenvalue weighted by Gasteiger charge is -2.05. The zero-order valence-corrected chi connectivity index (χ0v) is 8.68. The summed E-state index contributed by atoms with van der Waals surface area (Å²) >= 11 is 1.60. The van der Waals surface area contributed by atoms with Crippen molar-refractivity contribution in [1.82, 2.24) is 5.32 Å². The number of sulfone groups is 1. The van der Waals surface area contributed by atoms with Crippen LogP contribution in [0.2, 0.25) is 0 Å². The molecule has 1 atom stereocenters. The molecule has 0 radical (unpaired) electrons. The summed E-state index contributed by atoms with van der Waals surface area (Å²) in [5.41, 5.74) is 0. The van der Waals surface area contributed by atoms with Crippen molar-refractivity contribution < 1.29 is 13.2 Å². The molecule has 4 nitrogen and oxygen atoms in total. The van der Waals surface area contributed by atoms with Gasteiger partial charge in [-0.1, -0.05) is 0 Å². The van der Waals surface area contributed by atoms with Crippen molar-refractivity contribution in [3.05, 3.63) is 0 Å². The number of amides is 1. The quantitative estimate of drug-likeness (QED) is 0.429. The molecule has 64 valence electrons. The van der Waals surface area contributed by atoms with E-state index in [1.54, 1.807) is 22.6 Å². The highest BCUT2D eigenvalue weighted by Gasteiger charge is 2.28. The van der Waals surface area contributed by atoms with Gasteiger partial charge in [-0.2, -0.15) is 0 Å². The number of carbonyl (C=O) groups is 1. The Kier molecular flexibility index (Phi) is 2.74. The van der Waals surface area contributed by atoms with Crippen LogP contribution in [0.3, 0.4) is 0 Å². The lowest BCUT2D eigenvalue weighted by Crippen LogP contribution is -2.31. The molecule has 1 saturated heterocycles. The third-order valence-electron chi connectivity index (χ3n) is 1.55. The van der Waals surface area contributed by atoms with Gasteiger partial charge in [-0.15, -0.1) is 0 Å². The van der Waals surface area contributed by atoms with E-state index in [4.69, 9.17) is 0 Å². The van der Waals surface area contributed by atoms with Gasteiger partial charge in [0, 0.05) is 28.6 Å². The molecule has 1 amide bonds. The van der Waals surface area contributed by atoms with Crippen molar-refractivity contribution in [3.63, 3.8) is 0 Å². The highest BCUT2D eigenvalue weighted by atomic mass is 127. The Morgan fingerprint density at radius 2 is 2.18 bits per heavy atom. The first-order valence-corrected chi connectivity index (χ1v) is 6.06. The number of halogens is 1. The number of carbonyl (C=O) groups excluding carboxylic acids is 1. The van der Waals surface area contributed by atoms with Crippen molar-refractivity contribution >= 4 is 36.3 Å². The monoisotopic (exact) mass is 289 g/mol. The van der Waals surface area contributed by atoms with Crippen LogP contribution in [0.25, 0.3) is 0 Å². The molecule has 0 saturated carbocycles. The van der Waals surface area contributed by atoms with Gasteiger partial charge in [0.25, 0.3) is 3.91 Å². The summed E-state index contributed by atoms with van der Waals surface area (Å²) in [6.45, 7) is 0. The van der Waals surface area contributed by atoms with E-state index in [1.165, 1.54) is 0 Å². The Hall–Kier alpha value is 0.150. The molecule has 0 aromatic heterocycles. The lowest BCUT2D eigenvalue weighted by atomic mass is 10.3. The molecule has 1 N–H and O–H groups in total. The van der Waals surface area contributed by atoms with Gasteiger partial charge < -0.3 is 5.32 Å². The maximum atomic E-state index is 10.9. The summed E-state index contributed by atoms with van der Waals surface area (Å²) in [4.78, 5) is 10.5. The molecule has 0 aromatic rings. The van der Waals surface area contributed by atoms with Gasteiger partial charge in [-0.3, -0.25) is 4.79 Å². The van der Waals surface area contributed by atoms with Gasteiger partial charge in [0.05, 0.1) is 11.5 Å². The molecular formula is C5H8INO3S. The zero-order valence-electron chi connectivity index (χ0n) is 5.71. The zero-order chi connectivity index (χ0) is 8.48. The molecule has 0 aliphatic carbocycles. The van der Waals surface area contributed by atoms with E-state index < -0.39 is 9.84 Å². The van der Waals surface area contributed by atoms with Crippen LogP contribution in [-0.4, -0.2) is 29.9 Å². The van der Waals surface area contributed by atoms with Crippen LogP contribution >= 0.6 is 22.6 Å². The van der Waals surface area contributed by atoms with Gasteiger partial charge in [-0.25, -0.2) is 8.42 Å². The van der Waals surface area contributed by atoms with E-state index in [1.807, 2.05) is 0 Å². The van der Waals surface area contributed by atoms with Crippen LogP contribution in [0, 0.1) is 0 Å². The highest BCUT2D eigenvalue weighted by molar-refractivity contribution is 14.1. The van der Waals surface area contributed by atoms with Gasteiger partial charge in [-0.05, 0) is 6.42 Å². The van der Waals surface area contributed by atoms with Crippen molar-refractivity contribution in [2.45, 2.75) is 12.5 Å². The van der Waals surface area contributed by atoms with Gasteiger partial charge in [0.15, 0.2) is 9.84 Å². The van der Waals surface area contributed by atoms with E-state index >= 15 is 0 Å². The second-order valence-corrected chi connectivity index (χ2v) is 5.73. The van der Waals surface area contributed by atoms with Crippen molar-refractivity contribution in [3.8, 4) is 0 Å². The number of hydrogen-bond donors (Lipinski definition) is 1. The Bertz CT molecular complexity index is 261. The van der Waals surface area contributed by atoms with Crippen LogP contribution in [0.1, 0.15) is 6.42 Å². The predicted molar refractivity (Wildman–Crippen MR) is 49.6 cm³/mol. The summed E-state index contributed by atoms with van der Waals surface area (Å²) in [7, 11) is -2.86. The Balaban J connectivity index is 2.49. The Labute approximate surface area is 78.8 Å². The molecular weight excluding hydrogens is 281 g/mol. The Morgan fingerprint density at radius 1 is 1.55 bits per heavy atom. The van der Waals surface area contributed by atoms with Crippen LogP contribution in [0.4, 0.5) is 4.79 Å². The smallest absolute Gasteiger partial charge is 0.280 e. The first kappa shape index (κ1) is 9.24. The molecule has 1 heterocycles. The fraction of sp³-hybridized carbons (Fsp3) is 0.800. The second kappa shape index (κ2) is 3.26. The molecule has 1 fully saturated rings. The van der Waals surface area contributed by atoms with E-state index in [0.717, 1.165) is 0 Å². The molecule has 6 heteroatoms. The minimum atomic E-state index is -2.86. The van der Waals surface area contributed by atoms with Crippen LogP contribution in [0.15, 0.2) is 0 Å². The third-order valence-corrected chi connectivity index (χ3v) is 3.63. The van der Waals surface area contributed by atoms with Crippen molar-refractivity contribution in [2.75, 3.05) is 11.5 Å². The van der Waals surface area contributed by atoms with Crippen LogP contribution in [-0.2, 0) is 9.84 Å². The van der Waals surface area contributed by atoms with E-state index in [0.29, 0.717) is 6.42 Å². The SMILES string of the molecule is O=C(I)NC1CCS(=O)(=O)C1. The number of nitrogens with one attached hydrogen (secondary N) is 1. The second-order valence-electron chi connectivity index (χ2n) is 2.52. The average Bonchev–Trinajstić information content (AvgIpc) is 2.08. The normalized spacial score (nSPS) is 28.3. The maximum absolute atomic E-state index is 10.9. The van der Waals surface area contributed by atoms with Gasteiger partial charge in [0.1, 0.15) is 0 Å². The molecule has 11 heavy (non-hydrogen) atoms. The Morgan fingerprint density at radius 3 is 2.55 bits per heavy atom. The number of hydrogen-bond acceptors (Lipinski definition) is 3. The lowest BCUT2D eigenvalue weighted by molar-refractivity contribution is 0.260. The van der Waals surface area contributed by atoms with Crippen LogP contribution in [0.5, 0.6) is 0 Å². The minimum Gasteiger partial charge on any atom is -0.344 e. The first-order valence-electron chi connectivity index (χ1n) is 3.16. The van der Waals surface area contributed by atoms with Crippen molar-refractivity contribution in [2.24, 2.45) is 0 Å². The van der Waals surface area contributed by atoms with E-state index in [9.17, 15) is 13.2 Å². The topological polar surface area (TPSA) is 63.2 Å². The molecule has 0 spiro atoms. The molecule has 1 unspecified atom stereocenters. The van der Waals surface area contributed by atoms with E-state index in [-0.39, 0.29) is 21.5 Å². The summed E-state index contributed by atoms with van der Waals surface area (Å²) < 4.78 is 21.5. The molecule has 1 aliphatic heterocycles. The molecule has 0 aromatic carbocycles. The molecule has 1 rings (SSSR count). The van der Waals surface area contributed by atoms with E-state index in [2.05, 4.69) is 5.32 Å². The van der Waals surface area contributed by atoms with Crippen LogP contribution < -0.4 is 5.32 Å².